The Balaban J connectivity index is 1.56. The number of hydrogen-bond donors (Lipinski definition) is 1. The van der Waals surface area contributed by atoms with Gasteiger partial charge in [-0.05, 0) is 5.56 Å². The molecular formula is C21H20N2O3S2. The summed E-state index contributed by atoms with van der Waals surface area (Å²) >= 11 is 2.85. The number of hydrogen-bond acceptors (Lipinski definition) is 6. The normalized spacial score (nSPS) is 11.6. The van der Waals surface area contributed by atoms with Gasteiger partial charge >= 0.3 is 5.97 Å². The first-order valence-electron chi connectivity index (χ1n) is 8.70. The smallest absolute Gasteiger partial charge is 0.328 e. The summed E-state index contributed by atoms with van der Waals surface area (Å²) in [6, 6.07) is 18.7. The van der Waals surface area contributed by atoms with Gasteiger partial charge in [-0.2, -0.15) is 0 Å². The number of nitrogens with one attached hydrogen (secondary N) is 1. The third-order valence-electron chi connectivity index (χ3n) is 3.98. The third kappa shape index (κ3) is 5.68. The molecule has 0 saturated carbocycles. The summed E-state index contributed by atoms with van der Waals surface area (Å²) in [7, 11) is 1.32. The number of benzene rings is 2. The van der Waals surface area contributed by atoms with Crippen LogP contribution in [0.1, 0.15) is 5.56 Å². The number of thioether (sulfide) groups is 1. The minimum Gasteiger partial charge on any atom is -0.467 e. The lowest BCUT2D eigenvalue weighted by atomic mass is 10.1. The van der Waals surface area contributed by atoms with Crippen LogP contribution in [-0.4, -0.2) is 35.8 Å². The average Bonchev–Trinajstić information content (AvgIpc) is 3.22. The summed E-state index contributed by atoms with van der Waals surface area (Å²) < 4.78 is 5.64. The van der Waals surface area contributed by atoms with Crippen molar-refractivity contribution < 1.29 is 14.3 Å². The fraction of sp³-hybridized carbons (Fsp3) is 0.190. The summed E-state index contributed by atoms with van der Waals surface area (Å²) in [5, 5.41) is 4.74. The molecule has 144 valence electrons. The highest BCUT2D eigenvalue weighted by Gasteiger charge is 2.22. The van der Waals surface area contributed by atoms with Crippen LogP contribution in [0.25, 0.3) is 11.3 Å². The van der Waals surface area contributed by atoms with E-state index in [9.17, 15) is 9.59 Å². The van der Waals surface area contributed by atoms with E-state index in [2.05, 4.69) is 10.3 Å². The maximum Gasteiger partial charge on any atom is 0.328 e. The van der Waals surface area contributed by atoms with Gasteiger partial charge in [0.1, 0.15) is 6.04 Å². The molecule has 0 aliphatic rings. The van der Waals surface area contributed by atoms with E-state index in [1.54, 1.807) is 0 Å². The molecule has 0 saturated heterocycles. The van der Waals surface area contributed by atoms with Gasteiger partial charge in [0.25, 0.3) is 0 Å². The van der Waals surface area contributed by atoms with Crippen LogP contribution in [0.15, 0.2) is 70.4 Å². The number of carbonyl (C=O) groups excluding carboxylic acids is 2. The van der Waals surface area contributed by atoms with Gasteiger partial charge in [-0.1, -0.05) is 72.4 Å². The summed E-state index contributed by atoms with van der Waals surface area (Å²) in [5.74, 6) is -0.500. The van der Waals surface area contributed by atoms with Crippen molar-refractivity contribution in [2.45, 2.75) is 16.8 Å². The molecule has 1 heterocycles. The van der Waals surface area contributed by atoms with Crippen LogP contribution in [0.2, 0.25) is 0 Å². The first-order valence-corrected chi connectivity index (χ1v) is 10.6. The molecule has 0 aliphatic heterocycles. The van der Waals surface area contributed by atoms with Crippen molar-refractivity contribution in [3.63, 3.8) is 0 Å². The zero-order valence-electron chi connectivity index (χ0n) is 15.3. The van der Waals surface area contributed by atoms with Gasteiger partial charge in [-0.25, -0.2) is 9.78 Å². The van der Waals surface area contributed by atoms with Crippen molar-refractivity contribution >= 4 is 35.0 Å². The second-order valence-electron chi connectivity index (χ2n) is 5.99. The molecule has 0 spiro atoms. The van der Waals surface area contributed by atoms with Gasteiger partial charge in [0.2, 0.25) is 5.91 Å². The van der Waals surface area contributed by atoms with Crippen molar-refractivity contribution in [2.75, 3.05) is 12.9 Å². The van der Waals surface area contributed by atoms with Crippen LogP contribution < -0.4 is 5.32 Å². The van der Waals surface area contributed by atoms with Crippen molar-refractivity contribution in [1.29, 1.82) is 0 Å². The number of thiazole rings is 1. The fourth-order valence-electron chi connectivity index (χ4n) is 2.61. The van der Waals surface area contributed by atoms with E-state index in [1.807, 2.05) is 66.0 Å². The number of esters is 1. The number of nitrogens with zero attached hydrogens (tertiary/aromatic N) is 1. The first-order chi connectivity index (χ1) is 13.7. The second-order valence-corrected chi connectivity index (χ2v) is 8.07. The predicted octanol–water partition coefficient (Wildman–Crippen LogP) is 3.80. The Hall–Kier alpha value is -2.64. The zero-order chi connectivity index (χ0) is 19.8. The predicted molar refractivity (Wildman–Crippen MR) is 112 cm³/mol. The standard InChI is InChI=1S/C21H20N2O3S2/c1-26-20(25)17(12-15-8-4-2-5-9-15)22-19(24)14-28-21-23-18(13-27-21)16-10-6-3-7-11-16/h2-11,13,17H,12,14H2,1H3,(H,22,24)/t17-/m0/s1. The largest absolute Gasteiger partial charge is 0.467 e. The van der Waals surface area contributed by atoms with Gasteiger partial charge in [0, 0.05) is 17.4 Å². The van der Waals surface area contributed by atoms with Gasteiger partial charge in [-0.15, -0.1) is 11.3 Å². The quantitative estimate of drug-likeness (QED) is 0.450. The zero-order valence-corrected chi connectivity index (χ0v) is 17.0. The Kier molecular flexibility index (Phi) is 7.22. The molecule has 1 aromatic heterocycles. The van der Waals surface area contributed by atoms with Crippen molar-refractivity contribution in [1.82, 2.24) is 10.3 Å². The van der Waals surface area contributed by atoms with Crippen LogP contribution in [0.5, 0.6) is 0 Å². The Morgan fingerprint density at radius 2 is 1.79 bits per heavy atom. The molecule has 7 heteroatoms. The minimum absolute atomic E-state index is 0.185. The first kappa shape index (κ1) is 20.1. The third-order valence-corrected chi connectivity index (χ3v) is 6.00. The van der Waals surface area contributed by atoms with Crippen LogP contribution in [-0.2, 0) is 20.7 Å². The lowest BCUT2D eigenvalue weighted by molar-refractivity contribution is -0.144. The number of amides is 1. The summed E-state index contributed by atoms with van der Waals surface area (Å²) in [5.41, 5.74) is 2.90. The van der Waals surface area contributed by atoms with Crippen LogP contribution >= 0.6 is 23.1 Å². The Morgan fingerprint density at radius 1 is 1.11 bits per heavy atom. The number of aromatic nitrogens is 1. The molecule has 0 unspecified atom stereocenters. The molecule has 0 fully saturated rings. The molecule has 0 bridgehead atoms. The van der Waals surface area contributed by atoms with E-state index in [4.69, 9.17) is 4.74 Å². The van der Waals surface area contributed by atoms with E-state index < -0.39 is 12.0 Å². The highest BCUT2D eigenvalue weighted by atomic mass is 32.2. The SMILES string of the molecule is COC(=O)[C@H](Cc1ccccc1)NC(=O)CSc1nc(-c2ccccc2)cs1. The average molecular weight is 413 g/mol. The lowest BCUT2D eigenvalue weighted by Gasteiger charge is -2.16. The maximum absolute atomic E-state index is 12.4. The number of methoxy groups -OCH3 is 1. The van der Waals surface area contributed by atoms with Crippen molar-refractivity contribution in [2.24, 2.45) is 0 Å². The van der Waals surface area contributed by atoms with Crippen molar-refractivity contribution in [3.05, 3.63) is 71.6 Å². The van der Waals surface area contributed by atoms with E-state index in [-0.39, 0.29) is 11.7 Å². The van der Waals surface area contributed by atoms with Gasteiger partial charge in [0.15, 0.2) is 4.34 Å². The van der Waals surface area contributed by atoms with E-state index >= 15 is 0 Å². The summed E-state index contributed by atoms with van der Waals surface area (Å²) in [4.78, 5) is 28.9. The molecule has 2 aromatic carbocycles. The Morgan fingerprint density at radius 3 is 2.46 bits per heavy atom. The molecule has 0 aliphatic carbocycles. The molecule has 28 heavy (non-hydrogen) atoms. The molecule has 1 N–H and O–H groups in total. The highest BCUT2D eigenvalue weighted by Crippen LogP contribution is 2.28. The van der Waals surface area contributed by atoms with Crippen LogP contribution in [0.3, 0.4) is 0 Å². The molecule has 5 nitrogen and oxygen atoms in total. The van der Waals surface area contributed by atoms with Gasteiger partial charge in [-0.3, -0.25) is 4.79 Å². The van der Waals surface area contributed by atoms with Crippen molar-refractivity contribution in [3.8, 4) is 11.3 Å². The Bertz CT molecular complexity index is 914. The monoisotopic (exact) mass is 412 g/mol. The maximum atomic E-state index is 12.4. The molecule has 0 radical (unpaired) electrons. The highest BCUT2D eigenvalue weighted by molar-refractivity contribution is 8.01. The summed E-state index contributed by atoms with van der Waals surface area (Å²) in [6.45, 7) is 0. The second kappa shape index (κ2) is 10.1. The minimum atomic E-state index is -0.711. The molecule has 1 amide bonds. The van der Waals surface area contributed by atoms with E-state index in [1.165, 1.54) is 30.2 Å². The molecular weight excluding hydrogens is 392 g/mol. The van der Waals surface area contributed by atoms with E-state index in [0.29, 0.717) is 6.42 Å². The van der Waals surface area contributed by atoms with E-state index in [0.717, 1.165) is 21.2 Å². The van der Waals surface area contributed by atoms with Gasteiger partial charge < -0.3 is 10.1 Å². The molecule has 3 aromatic rings. The Labute approximate surface area is 172 Å². The topological polar surface area (TPSA) is 68.3 Å². The number of rotatable bonds is 8. The number of ether oxygens (including phenoxy) is 1. The molecule has 3 rings (SSSR count). The molecule has 1 atom stereocenters. The lowest BCUT2D eigenvalue weighted by Crippen LogP contribution is -2.43. The number of carbonyl (C=O) groups is 2. The summed E-state index contributed by atoms with van der Waals surface area (Å²) in [6.07, 6.45) is 0.388. The van der Waals surface area contributed by atoms with Crippen LogP contribution in [0.4, 0.5) is 0 Å². The van der Waals surface area contributed by atoms with Gasteiger partial charge in [0.05, 0.1) is 18.6 Å². The van der Waals surface area contributed by atoms with Crippen LogP contribution in [0, 0.1) is 0 Å². The fourth-order valence-corrected chi connectivity index (χ4v) is 4.26.